The first-order chi connectivity index (χ1) is 14.8. The van der Waals surface area contributed by atoms with Crippen LogP contribution in [0.1, 0.15) is 31.7 Å². The quantitative estimate of drug-likeness (QED) is 0.135. The number of alkyl halides is 1. The first-order valence-electron chi connectivity index (χ1n) is 9.80. The first kappa shape index (κ1) is 25.5. The van der Waals surface area contributed by atoms with E-state index in [2.05, 4.69) is 22.6 Å². The van der Waals surface area contributed by atoms with Gasteiger partial charge in [0.15, 0.2) is 16.6 Å². The van der Waals surface area contributed by atoms with Crippen LogP contribution in [0.5, 0.6) is 11.5 Å². The summed E-state index contributed by atoms with van der Waals surface area (Å²) in [6, 6.07) is 2.66. The smallest absolute Gasteiger partial charge is 0.410 e. The number of carbonyl (C=O) groups excluding carboxylic acids is 2. The summed E-state index contributed by atoms with van der Waals surface area (Å²) >= 11 is 3.64. The van der Waals surface area contributed by atoms with Gasteiger partial charge in [0.05, 0.1) is 36.2 Å². The number of nitro benzene ring substituents is 1. The molecule has 172 valence electrons. The Morgan fingerprint density at radius 2 is 1.94 bits per heavy atom. The number of amides is 1. The third-order valence-electron chi connectivity index (χ3n) is 5.12. The average molecular weight is 566 g/mol. The Hall–Kier alpha value is -1.76. The molecule has 1 unspecified atom stereocenters. The van der Waals surface area contributed by atoms with E-state index in [1.54, 1.807) is 0 Å². The minimum Gasteiger partial charge on any atom is -0.493 e. The largest absolute Gasteiger partial charge is 0.493 e. The summed E-state index contributed by atoms with van der Waals surface area (Å²) in [7, 11) is 2.80. The van der Waals surface area contributed by atoms with E-state index in [-0.39, 0.29) is 35.3 Å². The fourth-order valence-electron chi connectivity index (χ4n) is 3.25. The van der Waals surface area contributed by atoms with Crippen LogP contribution in [0, 0.1) is 15.5 Å². The monoisotopic (exact) mass is 566 g/mol. The van der Waals surface area contributed by atoms with Crippen LogP contribution in [-0.2, 0) is 16.1 Å². The molecule has 11 heteroatoms. The Balaban J connectivity index is 1.99. The van der Waals surface area contributed by atoms with E-state index in [0.717, 1.165) is 23.0 Å². The number of ether oxygens (including phenoxy) is 3. The molecule has 1 aliphatic heterocycles. The summed E-state index contributed by atoms with van der Waals surface area (Å²) in [5.41, 5.74) is -0.641. The molecule has 1 saturated heterocycles. The van der Waals surface area contributed by atoms with Crippen molar-refractivity contribution in [3.05, 3.63) is 27.8 Å². The fraction of sp³-hybridized carbons (Fsp3) is 0.600. The van der Waals surface area contributed by atoms with E-state index in [1.165, 1.54) is 43.0 Å². The molecule has 9 nitrogen and oxygen atoms in total. The summed E-state index contributed by atoms with van der Waals surface area (Å²) in [6.45, 7) is 2.26. The number of thioether (sulfide) groups is 1. The van der Waals surface area contributed by atoms with Gasteiger partial charge in [-0.1, -0.05) is 34.4 Å². The van der Waals surface area contributed by atoms with Gasteiger partial charge in [0.2, 0.25) is 0 Å². The molecule has 2 rings (SSSR count). The number of likely N-dealkylation sites (tertiary alicyclic amines) is 1. The number of halogens is 1. The lowest BCUT2D eigenvalue weighted by molar-refractivity contribution is -0.385. The number of rotatable bonds is 10. The van der Waals surface area contributed by atoms with Gasteiger partial charge in [0.1, 0.15) is 6.61 Å². The standard InChI is InChI=1S/C20H27IN2O7S/c1-20(18(24)31-9-5-4-7-21)6-8-22(13-20)19(25)30-12-14-10-16(28-2)17(29-3)11-15(14)23(26)27/h10-11H,4-9,12-13H2,1-3H3. The molecule has 31 heavy (non-hydrogen) atoms. The van der Waals surface area contributed by atoms with Crippen molar-refractivity contribution in [3.8, 4) is 11.5 Å². The molecular formula is C20H27IN2O7S. The van der Waals surface area contributed by atoms with Crippen LogP contribution < -0.4 is 9.47 Å². The Labute approximate surface area is 199 Å². The molecule has 0 saturated carbocycles. The lowest BCUT2D eigenvalue weighted by Gasteiger charge is -2.22. The highest BCUT2D eigenvalue weighted by Gasteiger charge is 2.42. The maximum atomic E-state index is 12.6. The van der Waals surface area contributed by atoms with Crippen molar-refractivity contribution in [2.24, 2.45) is 5.41 Å². The van der Waals surface area contributed by atoms with Crippen LogP contribution in [-0.4, -0.2) is 58.5 Å². The van der Waals surface area contributed by atoms with Gasteiger partial charge in [0.25, 0.3) is 5.69 Å². The normalized spacial score (nSPS) is 18.0. The summed E-state index contributed by atoms with van der Waals surface area (Å²) < 4.78 is 16.7. The van der Waals surface area contributed by atoms with Crippen LogP contribution in [0.25, 0.3) is 0 Å². The minimum absolute atomic E-state index is 0.0896. The van der Waals surface area contributed by atoms with Gasteiger partial charge in [-0.05, 0) is 36.7 Å². The highest BCUT2D eigenvalue weighted by Crippen LogP contribution is 2.37. The zero-order valence-electron chi connectivity index (χ0n) is 17.8. The number of carbonyl (C=O) groups is 2. The van der Waals surface area contributed by atoms with E-state index in [1.807, 2.05) is 6.92 Å². The Morgan fingerprint density at radius 3 is 2.55 bits per heavy atom. The Kier molecular flexibility index (Phi) is 9.66. The summed E-state index contributed by atoms with van der Waals surface area (Å²) in [6.07, 6.45) is 2.04. The van der Waals surface area contributed by atoms with Gasteiger partial charge in [-0.2, -0.15) is 0 Å². The maximum Gasteiger partial charge on any atom is 0.410 e. The summed E-state index contributed by atoms with van der Waals surface area (Å²) in [4.78, 5) is 37.5. The van der Waals surface area contributed by atoms with Crippen molar-refractivity contribution in [1.82, 2.24) is 4.90 Å². The van der Waals surface area contributed by atoms with Crippen LogP contribution in [0.2, 0.25) is 0 Å². The molecule has 1 amide bonds. The van der Waals surface area contributed by atoms with E-state index < -0.39 is 16.4 Å². The molecule has 0 N–H and O–H groups in total. The van der Waals surface area contributed by atoms with Crippen LogP contribution in [0.3, 0.4) is 0 Å². The van der Waals surface area contributed by atoms with E-state index >= 15 is 0 Å². The average Bonchev–Trinajstić information content (AvgIpc) is 3.17. The molecule has 1 aromatic carbocycles. The number of benzene rings is 1. The van der Waals surface area contributed by atoms with Crippen molar-refractivity contribution in [3.63, 3.8) is 0 Å². The molecule has 0 bridgehead atoms. The minimum atomic E-state index is -0.608. The SMILES string of the molecule is COc1cc(COC(=O)N2CCC(C)(C(=O)SCCCCI)C2)c([N+](=O)[O-])cc1OC. The summed E-state index contributed by atoms with van der Waals surface area (Å²) in [5.74, 6) is 1.30. The fourth-order valence-corrected chi connectivity index (χ4v) is 4.83. The Morgan fingerprint density at radius 1 is 1.26 bits per heavy atom. The first-order valence-corrected chi connectivity index (χ1v) is 12.3. The number of hydrogen-bond acceptors (Lipinski definition) is 8. The molecule has 0 spiro atoms. The second kappa shape index (κ2) is 11.7. The molecule has 1 fully saturated rings. The van der Waals surface area contributed by atoms with Crippen molar-refractivity contribution >= 4 is 51.2 Å². The number of hydrogen-bond donors (Lipinski definition) is 0. The van der Waals surface area contributed by atoms with Crippen molar-refractivity contribution < 1.29 is 28.7 Å². The second-order valence-corrected chi connectivity index (χ2v) is 9.56. The van der Waals surface area contributed by atoms with Crippen LogP contribution in [0.4, 0.5) is 10.5 Å². The maximum absolute atomic E-state index is 12.6. The molecule has 0 aliphatic carbocycles. The van der Waals surface area contributed by atoms with Crippen molar-refractivity contribution in [1.29, 1.82) is 0 Å². The third-order valence-corrected chi connectivity index (χ3v) is 7.13. The summed E-state index contributed by atoms with van der Waals surface area (Å²) in [5, 5.41) is 11.5. The van der Waals surface area contributed by atoms with E-state index in [0.29, 0.717) is 18.7 Å². The van der Waals surface area contributed by atoms with Gasteiger partial charge in [-0.25, -0.2) is 4.79 Å². The zero-order valence-corrected chi connectivity index (χ0v) is 20.8. The molecule has 0 radical (unpaired) electrons. The van der Waals surface area contributed by atoms with Gasteiger partial charge in [-0.3, -0.25) is 14.9 Å². The predicted molar refractivity (Wildman–Crippen MR) is 126 cm³/mol. The topological polar surface area (TPSA) is 108 Å². The third kappa shape index (κ3) is 6.61. The highest BCUT2D eigenvalue weighted by molar-refractivity contribution is 14.1. The number of methoxy groups -OCH3 is 2. The lowest BCUT2D eigenvalue weighted by atomic mass is 9.92. The number of nitrogens with zero attached hydrogens (tertiary/aromatic N) is 2. The van der Waals surface area contributed by atoms with Gasteiger partial charge < -0.3 is 19.1 Å². The highest BCUT2D eigenvalue weighted by atomic mass is 127. The molecule has 1 heterocycles. The van der Waals surface area contributed by atoms with Gasteiger partial charge in [-0.15, -0.1) is 0 Å². The van der Waals surface area contributed by atoms with Crippen LogP contribution >= 0.6 is 34.4 Å². The second-order valence-electron chi connectivity index (χ2n) is 7.41. The lowest BCUT2D eigenvalue weighted by Crippen LogP contribution is -2.34. The Bertz CT molecular complexity index is 823. The number of nitro groups is 1. The molecular weight excluding hydrogens is 539 g/mol. The molecule has 1 atom stereocenters. The van der Waals surface area contributed by atoms with Crippen LogP contribution in [0.15, 0.2) is 12.1 Å². The molecule has 1 aromatic rings. The van der Waals surface area contributed by atoms with E-state index in [9.17, 15) is 19.7 Å². The molecule has 1 aliphatic rings. The number of unbranched alkanes of at least 4 members (excludes halogenated alkanes) is 1. The predicted octanol–water partition coefficient (Wildman–Crippen LogP) is 4.44. The molecule has 0 aromatic heterocycles. The van der Waals surface area contributed by atoms with Crippen molar-refractivity contribution in [2.75, 3.05) is 37.5 Å². The zero-order chi connectivity index (χ0) is 23.0. The van der Waals surface area contributed by atoms with Crippen molar-refractivity contribution in [2.45, 2.75) is 32.8 Å². The van der Waals surface area contributed by atoms with E-state index in [4.69, 9.17) is 14.2 Å². The van der Waals surface area contributed by atoms with Gasteiger partial charge in [0, 0.05) is 18.8 Å². The van der Waals surface area contributed by atoms with Gasteiger partial charge >= 0.3 is 6.09 Å².